The Morgan fingerprint density at radius 2 is 2.22 bits per heavy atom. The number of nitrogens with one attached hydrogen (secondary N) is 1. The Labute approximate surface area is 187 Å². The number of aliphatic hydroxyl groups excluding tert-OH is 2. The van der Waals surface area contributed by atoms with E-state index in [0.717, 1.165) is 4.70 Å². The number of hydrogen-bond acceptors (Lipinski definition) is 8. The minimum Gasteiger partial charge on any atom is -0.506 e. The van der Waals surface area contributed by atoms with Gasteiger partial charge in [0, 0.05) is 38.3 Å². The summed E-state index contributed by atoms with van der Waals surface area (Å²) in [6.07, 6.45) is 0.654. The van der Waals surface area contributed by atoms with Crippen molar-refractivity contribution in [1.82, 2.24) is 14.9 Å². The number of benzene rings is 1. The number of phenols is 1. The maximum absolute atomic E-state index is 14.6. The third kappa shape index (κ3) is 4.59. The van der Waals surface area contributed by atoms with Crippen LogP contribution in [0.15, 0.2) is 30.5 Å². The molecule has 0 spiro atoms. The summed E-state index contributed by atoms with van der Waals surface area (Å²) in [7, 11) is 0. The van der Waals surface area contributed by atoms with Crippen LogP contribution in [-0.4, -0.2) is 74.6 Å². The number of hydrogen-bond donors (Lipinski definition) is 4. The molecule has 32 heavy (non-hydrogen) atoms. The monoisotopic (exact) mass is 461 g/mol. The molecular formula is C21H24FN5O4S. The number of aromatic nitrogens is 2. The summed E-state index contributed by atoms with van der Waals surface area (Å²) >= 11 is 1.28. The number of carbonyl (C=O) groups is 1. The number of carbonyl (C=O) groups excluding carboxylic acids is 1. The second kappa shape index (κ2) is 9.23. The highest BCUT2D eigenvalue weighted by molar-refractivity contribution is 7.22. The van der Waals surface area contributed by atoms with E-state index in [1.807, 2.05) is 13.0 Å². The quantitative estimate of drug-likeness (QED) is 0.459. The molecule has 2 amide bonds. The van der Waals surface area contributed by atoms with Gasteiger partial charge in [0.15, 0.2) is 16.8 Å². The molecule has 1 fully saturated rings. The summed E-state index contributed by atoms with van der Waals surface area (Å²) in [5, 5.41) is 31.5. The Morgan fingerprint density at radius 3 is 2.91 bits per heavy atom. The van der Waals surface area contributed by atoms with Crippen molar-refractivity contribution in [3.63, 3.8) is 0 Å². The first-order chi connectivity index (χ1) is 15.4. The molecule has 11 heteroatoms. The van der Waals surface area contributed by atoms with Crippen LogP contribution < -0.4 is 10.2 Å². The summed E-state index contributed by atoms with van der Waals surface area (Å²) in [6, 6.07) is 5.89. The zero-order valence-electron chi connectivity index (χ0n) is 17.4. The van der Waals surface area contributed by atoms with Gasteiger partial charge in [-0.3, -0.25) is 5.32 Å². The maximum Gasteiger partial charge on any atom is 0.324 e. The van der Waals surface area contributed by atoms with E-state index in [-0.39, 0.29) is 30.1 Å². The second-order valence-electron chi connectivity index (χ2n) is 7.75. The number of pyridine rings is 1. The van der Waals surface area contributed by atoms with Crippen LogP contribution in [0.1, 0.15) is 12.5 Å². The lowest BCUT2D eigenvalue weighted by Crippen LogP contribution is -2.55. The van der Waals surface area contributed by atoms with Crippen LogP contribution in [0.5, 0.6) is 5.75 Å². The van der Waals surface area contributed by atoms with Gasteiger partial charge in [-0.15, -0.1) is 0 Å². The highest BCUT2D eigenvalue weighted by atomic mass is 32.1. The predicted molar refractivity (Wildman–Crippen MR) is 120 cm³/mol. The lowest BCUT2D eigenvalue weighted by atomic mass is 10.1. The van der Waals surface area contributed by atoms with Crippen molar-refractivity contribution >= 4 is 38.5 Å². The summed E-state index contributed by atoms with van der Waals surface area (Å²) in [5.41, 5.74) is 0.947. The van der Waals surface area contributed by atoms with Gasteiger partial charge in [-0.2, -0.15) is 0 Å². The number of halogens is 1. The number of aromatic hydroxyl groups is 1. The molecule has 3 heterocycles. The molecule has 0 aliphatic carbocycles. The molecule has 3 aromatic rings. The molecule has 0 bridgehead atoms. The minimum atomic E-state index is -0.955. The van der Waals surface area contributed by atoms with Gasteiger partial charge in [-0.05, 0) is 30.7 Å². The molecule has 9 nitrogen and oxygen atoms in total. The average molecular weight is 462 g/mol. The lowest BCUT2D eigenvalue weighted by Gasteiger charge is -2.40. The molecule has 4 rings (SSSR count). The SMILES string of the molecule is C[C@H]1CN(c2ncc(CC(O)CO)cc2F)CCN1C(=O)Nc1nc2c(O)cccc2s1. The van der Waals surface area contributed by atoms with E-state index >= 15 is 0 Å². The first kappa shape index (κ1) is 22.2. The Morgan fingerprint density at radius 1 is 1.41 bits per heavy atom. The highest BCUT2D eigenvalue weighted by Crippen LogP contribution is 2.31. The molecule has 1 unspecified atom stereocenters. The van der Waals surface area contributed by atoms with Crippen LogP contribution in [0, 0.1) is 5.82 Å². The number of aliphatic hydroxyl groups is 2. The Kier molecular flexibility index (Phi) is 6.40. The van der Waals surface area contributed by atoms with Crippen LogP contribution in [-0.2, 0) is 6.42 Å². The first-order valence-electron chi connectivity index (χ1n) is 10.2. The number of fused-ring (bicyclic) bond motifs is 1. The fourth-order valence-electron chi connectivity index (χ4n) is 3.75. The molecule has 1 aliphatic rings. The average Bonchev–Trinajstić information content (AvgIpc) is 3.17. The zero-order chi connectivity index (χ0) is 22.8. The van der Waals surface area contributed by atoms with Crippen LogP contribution in [0.3, 0.4) is 0 Å². The van der Waals surface area contributed by atoms with Gasteiger partial charge in [-0.1, -0.05) is 17.4 Å². The van der Waals surface area contributed by atoms with Gasteiger partial charge >= 0.3 is 6.03 Å². The van der Waals surface area contributed by atoms with Gasteiger partial charge in [0.2, 0.25) is 0 Å². The summed E-state index contributed by atoms with van der Waals surface area (Å²) < 4.78 is 15.4. The smallest absolute Gasteiger partial charge is 0.324 e. The van der Waals surface area contributed by atoms with Crippen molar-refractivity contribution in [3.05, 3.63) is 41.8 Å². The third-order valence-corrected chi connectivity index (χ3v) is 6.30. The second-order valence-corrected chi connectivity index (χ2v) is 8.78. The Hall–Kier alpha value is -3.02. The van der Waals surface area contributed by atoms with Gasteiger partial charge in [-0.25, -0.2) is 19.2 Å². The minimum absolute atomic E-state index is 0.0626. The van der Waals surface area contributed by atoms with Gasteiger partial charge < -0.3 is 25.1 Å². The van der Waals surface area contributed by atoms with E-state index in [2.05, 4.69) is 15.3 Å². The van der Waals surface area contributed by atoms with Gasteiger partial charge in [0.25, 0.3) is 0 Å². The van der Waals surface area contributed by atoms with Crippen molar-refractivity contribution in [2.24, 2.45) is 0 Å². The molecule has 2 atom stereocenters. The predicted octanol–water partition coefficient (Wildman–Crippen LogP) is 2.17. The standard InChI is InChI=1S/C21H24FN5O4S/c1-12-10-26(19-15(22)8-13(9-23-19)7-14(29)11-28)5-6-27(12)21(31)25-20-24-18-16(30)3-2-4-17(18)32-20/h2-4,8-9,12,14,28-30H,5-7,10-11H2,1H3,(H,24,25,31)/t12-,14?/m0/s1. The largest absolute Gasteiger partial charge is 0.506 e. The topological polar surface area (TPSA) is 122 Å². The third-order valence-electron chi connectivity index (χ3n) is 5.36. The van der Waals surface area contributed by atoms with Crippen molar-refractivity contribution in [2.75, 3.05) is 36.5 Å². The van der Waals surface area contributed by atoms with E-state index in [1.54, 1.807) is 21.9 Å². The molecule has 1 saturated heterocycles. The normalized spacial score (nSPS) is 17.6. The van der Waals surface area contributed by atoms with Crippen LogP contribution >= 0.6 is 11.3 Å². The number of phenolic OH excluding ortho intramolecular Hbond substituents is 1. The number of nitrogens with zero attached hydrogens (tertiary/aromatic N) is 4. The van der Waals surface area contributed by atoms with E-state index in [1.165, 1.54) is 23.6 Å². The van der Waals surface area contributed by atoms with Crippen molar-refractivity contribution < 1.29 is 24.5 Å². The maximum atomic E-state index is 14.6. The first-order valence-corrected chi connectivity index (χ1v) is 11.0. The van der Waals surface area contributed by atoms with E-state index in [4.69, 9.17) is 5.11 Å². The number of urea groups is 1. The number of piperazine rings is 1. The molecule has 170 valence electrons. The van der Waals surface area contributed by atoms with Crippen LogP contribution in [0.2, 0.25) is 0 Å². The number of para-hydroxylation sites is 1. The lowest BCUT2D eigenvalue weighted by molar-refractivity contribution is 0.0954. The van der Waals surface area contributed by atoms with E-state index < -0.39 is 18.5 Å². The molecule has 2 aromatic heterocycles. The van der Waals surface area contributed by atoms with Gasteiger partial charge in [0.05, 0.1) is 17.4 Å². The summed E-state index contributed by atoms with van der Waals surface area (Å²) in [5.74, 6) is -0.250. The summed E-state index contributed by atoms with van der Waals surface area (Å²) in [6.45, 7) is 2.65. The van der Waals surface area contributed by atoms with Crippen LogP contribution in [0.4, 0.5) is 20.1 Å². The fraction of sp³-hybridized carbons (Fsp3) is 0.381. The molecule has 4 N–H and O–H groups in total. The number of amides is 2. The molecule has 1 aliphatic heterocycles. The molecule has 0 saturated carbocycles. The number of anilines is 2. The fourth-order valence-corrected chi connectivity index (χ4v) is 4.63. The molecular weight excluding hydrogens is 437 g/mol. The van der Waals surface area contributed by atoms with Crippen molar-refractivity contribution in [2.45, 2.75) is 25.5 Å². The zero-order valence-corrected chi connectivity index (χ0v) is 18.2. The van der Waals surface area contributed by atoms with Crippen molar-refractivity contribution in [1.29, 1.82) is 0 Å². The highest BCUT2D eigenvalue weighted by Gasteiger charge is 2.30. The molecule has 1 aromatic carbocycles. The number of thiazole rings is 1. The van der Waals surface area contributed by atoms with E-state index in [9.17, 15) is 19.4 Å². The summed E-state index contributed by atoms with van der Waals surface area (Å²) in [4.78, 5) is 24.7. The van der Waals surface area contributed by atoms with E-state index in [0.29, 0.717) is 35.8 Å². The number of rotatable bonds is 5. The van der Waals surface area contributed by atoms with Crippen molar-refractivity contribution in [3.8, 4) is 5.75 Å². The van der Waals surface area contributed by atoms with Gasteiger partial charge in [0.1, 0.15) is 11.3 Å². The Bertz CT molecular complexity index is 1130. The van der Waals surface area contributed by atoms with Crippen LogP contribution in [0.25, 0.3) is 10.2 Å². The Balaban J connectivity index is 1.40. The molecule has 0 radical (unpaired) electrons.